The Kier molecular flexibility index (Phi) is 4.78. The van der Waals surface area contributed by atoms with Gasteiger partial charge in [0, 0.05) is 32.4 Å². The van der Waals surface area contributed by atoms with Crippen molar-refractivity contribution in [2.45, 2.75) is 19.0 Å². The third-order valence-electron chi connectivity index (χ3n) is 3.58. The molecule has 22 heavy (non-hydrogen) atoms. The van der Waals surface area contributed by atoms with E-state index in [1.807, 2.05) is 61.5 Å². The van der Waals surface area contributed by atoms with Gasteiger partial charge in [-0.15, -0.1) is 0 Å². The van der Waals surface area contributed by atoms with Crippen molar-refractivity contribution in [3.63, 3.8) is 0 Å². The smallest absolute Gasteiger partial charge is 0.244 e. The van der Waals surface area contributed by atoms with E-state index in [0.29, 0.717) is 6.54 Å². The van der Waals surface area contributed by atoms with Crippen molar-refractivity contribution in [2.24, 2.45) is 5.73 Å². The zero-order chi connectivity index (χ0) is 16.2. The van der Waals surface area contributed by atoms with E-state index in [4.69, 9.17) is 5.73 Å². The Morgan fingerprint density at radius 3 is 2.55 bits per heavy atom. The summed E-state index contributed by atoms with van der Waals surface area (Å²) in [5.41, 5.74) is 6.87. The number of anilines is 1. The van der Waals surface area contributed by atoms with Crippen LogP contribution < -0.4 is 16.0 Å². The van der Waals surface area contributed by atoms with E-state index < -0.39 is 5.54 Å². The zero-order valence-electron chi connectivity index (χ0n) is 13.2. The minimum Gasteiger partial charge on any atom is -0.362 e. The van der Waals surface area contributed by atoms with Crippen molar-refractivity contribution in [1.29, 1.82) is 0 Å². The highest BCUT2D eigenvalue weighted by atomic mass is 16.2. The molecule has 0 bridgehead atoms. The van der Waals surface area contributed by atoms with Gasteiger partial charge in [-0.2, -0.15) is 0 Å². The molecule has 1 amide bonds. The average Bonchev–Trinajstić information content (AvgIpc) is 2.53. The molecule has 1 heterocycles. The van der Waals surface area contributed by atoms with E-state index >= 15 is 0 Å². The lowest BCUT2D eigenvalue weighted by molar-refractivity contribution is -0.126. The molecule has 3 N–H and O–H groups in total. The summed E-state index contributed by atoms with van der Waals surface area (Å²) in [4.78, 5) is 18.7. The predicted molar refractivity (Wildman–Crippen MR) is 88.4 cm³/mol. The Labute approximate surface area is 131 Å². The van der Waals surface area contributed by atoms with Crippen molar-refractivity contribution < 1.29 is 4.79 Å². The second-order valence-corrected chi connectivity index (χ2v) is 5.63. The van der Waals surface area contributed by atoms with Gasteiger partial charge in [-0.25, -0.2) is 4.98 Å². The van der Waals surface area contributed by atoms with Crippen LogP contribution in [0.4, 0.5) is 5.82 Å². The summed E-state index contributed by atoms with van der Waals surface area (Å²) in [6, 6.07) is 13.2. The number of benzene rings is 1. The number of carbonyl (C=O) groups excluding carboxylic acids is 1. The van der Waals surface area contributed by atoms with Gasteiger partial charge in [-0.3, -0.25) is 4.79 Å². The first-order valence-electron chi connectivity index (χ1n) is 7.17. The first-order valence-corrected chi connectivity index (χ1v) is 7.17. The summed E-state index contributed by atoms with van der Waals surface area (Å²) in [6.07, 6.45) is 1.73. The van der Waals surface area contributed by atoms with E-state index in [0.717, 1.165) is 16.9 Å². The highest BCUT2D eigenvalue weighted by Gasteiger charge is 2.30. The Hall–Kier alpha value is -2.40. The second-order valence-electron chi connectivity index (χ2n) is 5.63. The molecule has 1 atom stereocenters. The Balaban J connectivity index is 2.10. The Morgan fingerprint density at radius 1 is 1.23 bits per heavy atom. The van der Waals surface area contributed by atoms with Crippen molar-refractivity contribution in [2.75, 3.05) is 19.0 Å². The Morgan fingerprint density at radius 2 is 1.91 bits per heavy atom. The standard InChI is InChI=1S/C17H22N4O/c1-17(18,14-9-5-4-6-10-14)16(22)20-12-13-8-7-11-19-15(13)21(2)3/h4-11H,12,18H2,1-3H3,(H,20,22). The Bertz CT molecular complexity index is 638. The lowest BCUT2D eigenvalue weighted by Crippen LogP contribution is -2.48. The molecule has 0 saturated carbocycles. The molecule has 5 heteroatoms. The van der Waals surface area contributed by atoms with Gasteiger partial charge in [0.15, 0.2) is 0 Å². The molecule has 0 spiro atoms. The minimum atomic E-state index is -1.07. The van der Waals surface area contributed by atoms with E-state index in [2.05, 4.69) is 10.3 Å². The molecule has 1 aromatic carbocycles. The highest BCUT2D eigenvalue weighted by molar-refractivity contribution is 5.87. The van der Waals surface area contributed by atoms with Crippen LogP contribution in [0.1, 0.15) is 18.1 Å². The van der Waals surface area contributed by atoms with Gasteiger partial charge in [-0.05, 0) is 18.6 Å². The maximum absolute atomic E-state index is 12.4. The van der Waals surface area contributed by atoms with Crippen LogP contribution in [0.3, 0.4) is 0 Å². The fourth-order valence-electron chi connectivity index (χ4n) is 2.25. The number of hydrogen-bond acceptors (Lipinski definition) is 4. The van der Waals surface area contributed by atoms with Gasteiger partial charge in [0.25, 0.3) is 0 Å². The van der Waals surface area contributed by atoms with E-state index in [-0.39, 0.29) is 5.91 Å². The molecule has 5 nitrogen and oxygen atoms in total. The quantitative estimate of drug-likeness (QED) is 0.880. The lowest BCUT2D eigenvalue weighted by atomic mass is 9.92. The van der Waals surface area contributed by atoms with Crippen LogP contribution in [0.2, 0.25) is 0 Å². The maximum Gasteiger partial charge on any atom is 0.244 e. The van der Waals surface area contributed by atoms with Crippen molar-refractivity contribution >= 4 is 11.7 Å². The summed E-state index contributed by atoms with van der Waals surface area (Å²) >= 11 is 0. The monoisotopic (exact) mass is 298 g/mol. The molecule has 0 fully saturated rings. The molecule has 0 aliphatic rings. The number of amides is 1. The topological polar surface area (TPSA) is 71.2 Å². The maximum atomic E-state index is 12.4. The normalized spacial score (nSPS) is 13.3. The highest BCUT2D eigenvalue weighted by Crippen LogP contribution is 2.19. The third kappa shape index (κ3) is 3.43. The van der Waals surface area contributed by atoms with Gasteiger partial charge in [0.1, 0.15) is 11.4 Å². The number of nitrogens with two attached hydrogens (primary N) is 1. The first-order chi connectivity index (χ1) is 10.4. The van der Waals surface area contributed by atoms with Crippen LogP contribution in [0.5, 0.6) is 0 Å². The van der Waals surface area contributed by atoms with Crippen LogP contribution >= 0.6 is 0 Å². The minimum absolute atomic E-state index is 0.216. The second kappa shape index (κ2) is 6.58. The number of nitrogens with one attached hydrogen (secondary N) is 1. The number of rotatable bonds is 5. The molecular formula is C17H22N4O. The average molecular weight is 298 g/mol. The fourth-order valence-corrected chi connectivity index (χ4v) is 2.25. The molecule has 116 valence electrons. The predicted octanol–water partition coefficient (Wildman–Crippen LogP) is 1.64. The van der Waals surface area contributed by atoms with Gasteiger partial charge < -0.3 is 16.0 Å². The third-order valence-corrected chi connectivity index (χ3v) is 3.58. The van der Waals surface area contributed by atoms with Crippen molar-refractivity contribution in [3.05, 3.63) is 59.8 Å². The molecular weight excluding hydrogens is 276 g/mol. The molecule has 0 saturated heterocycles. The summed E-state index contributed by atoms with van der Waals surface area (Å²) in [5.74, 6) is 0.619. The van der Waals surface area contributed by atoms with Crippen LogP contribution in [0.15, 0.2) is 48.7 Å². The van der Waals surface area contributed by atoms with Gasteiger partial charge in [0.05, 0.1) is 0 Å². The lowest BCUT2D eigenvalue weighted by Gasteiger charge is -2.24. The molecule has 2 aromatic rings. The van der Waals surface area contributed by atoms with Gasteiger partial charge in [-0.1, -0.05) is 36.4 Å². The number of pyridine rings is 1. The molecule has 0 aliphatic carbocycles. The van der Waals surface area contributed by atoms with E-state index in [1.54, 1.807) is 13.1 Å². The largest absolute Gasteiger partial charge is 0.362 e. The molecule has 0 aliphatic heterocycles. The van der Waals surface area contributed by atoms with E-state index in [1.165, 1.54) is 0 Å². The summed E-state index contributed by atoms with van der Waals surface area (Å²) in [5, 5.41) is 2.90. The zero-order valence-corrected chi connectivity index (χ0v) is 13.2. The van der Waals surface area contributed by atoms with Crippen LogP contribution in [0.25, 0.3) is 0 Å². The van der Waals surface area contributed by atoms with Gasteiger partial charge >= 0.3 is 0 Å². The fraction of sp³-hybridized carbons (Fsp3) is 0.294. The summed E-state index contributed by atoms with van der Waals surface area (Å²) in [7, 11) is 3.84. The SMILES string of the molecule is CN(C)c1ncccc1CNC(=O)C(C)(N)c1ccccc1. The van der Waals surface area contributed by atoms with Crippen molar-refractivity contribution in [3.8, 4) is 0 Å². The van der Waals surface area contributed by atoms with Crippen LogP contribution in [0, 0.1) is 0 Å². The molecule has 1 aromatic heterocycles. The molecule has 2 rings (SSSR count). The summed E-state index contributed by atoms with van der Waals surface area (Å²) < 4.78 is 0. The van der Waals surface area contributed by atoms with Crippen LogP contribution in [-0.2, 0) is 16.9 Å². The summed E-state index contributed by atoms with van der Waals surface area (Å²) in [6.45, 7) is 2.10. The molecule has 1 unspecified atom stereocenters. The number of hydrogen-bond donors (Lipinski definition) is 2. The van der Waals surface area contributed by atoms with Gasteiger partial charge in [0.2, 0.25) is 5.91 Å². The van der Waals surface area contributed by atoms with E-state index in [9.17, 15) is 4.79 Å². The number of aromatic nitrogens is 1. The number of carbonyl (C=O) groups is 1. The first kappa shape index (κ1) is 16.0. The van der Waals surface area contributed by atoms with Crippen LogP contribution in [-0.4, -0.2) is 25.0 Å². The number of nitrogens with zero attached hydrogens (tertiary/aromatic N) is 2. The molecule has 0 radical (unpaired) electrons. The van der Waals surface area contributed by atoms with Crippen molar-refractivity contribution in [1.82, 2.24) is 10.3 Å².